The van der Waals surface area contributed by atoms with Crippen molar-refractivity contribution in [3.8, 4) is 0 Å². The number of amides is 2. The standard InChI is InChI=1S/C31H35N5O4/c37-28(35-27(18-29(38)39)24-9-4-14-32-19-24)20-36-26(16-21-6-2-1-3-7-21)17-23(31(36)40)11-13-25-12-10-22-8-5-15-33-30(22)34-25/h1-4,6-7,9-10,12,14,19,23,26-27H,5,8,11,13,15-18,20H2,(H,33,34)(H,35,37)(H,38,39)/t23-,26+,27-/m0/s1. The lowest BCUT2D eigenvalue weighted by atomic mass is 9.95. The number of likely N-dealkylation sites (tertiary alicyclic amines) is 1. The van der Waals surface area contributed by atoms with Gasteiger partial charge in [0.15, 0.2) is 0 Å². The van der Waals surface area contributed by atoms with Crippen LogP contribution in [0.2, 0.25) is 0 Å². The molecule has 40 heavy (non-hydrogen) atoms. The van der Waals surface area contributed by atoms with E-state index in [1.54, 1.807) is 29.4 Å². The highest BCUT2D eigenvalue weighted by molar-refractivity contribution is 5.88. The fourth-order valence-corrected chi connectivity index (χ4v) is 5.73. The molecule has 0 unspecified atom stereocenters. The zero-order valence-corrected chi connectivity index (χ0v) is 22.5. The van der Waals surface area contributed by atoms with Crippen LogP contribution < -0.4 is 10.6 Å². The Morgan fingerprint density at radius 1 is 1.12 bits per heavy atom. The molecule has 3 N–H and O–H groups in total. The van der Waals surface area contributed by atoms with Gasteiger partial charge in [0.25, 0.3) is 0 Å². The van der Waals surface area contributed by atoms with E-state index < -0.39 is 12.0 Å². The summed E-state index contributed by atoms with van der Waals surface area (Å²) < 4.78 is 0. The number of carbonyl (C=O) groups is 3. The maximum absolute atomic E-state index is 13.6. The molecule has 2 aliphatic rings. The summed E-state index contributed by atoms with van der Waals surface area (Å²) in [6.07, 6.45) is 7.66. The predicted molar refractivity (Wildman–Crippen MR) is 150 cm³/mol. The summed E-state index contributed by atoms with van der Waals surface area (Å²) in [4.78, 5) is 48.8. The van der Waals surface area contributed by atoms with Gasteiger partial charge in [0.2, 0.25) is 11.8 Å². The van der Waals surface area contributed by atoms with E-state index in [1.165, 1.54) is 5.56 Å². The number of aliphatic carboxylic acids is 1. The van der Waals surface area contributed by atoms with E-state index >= 15 is 0 Å². The third-order valence-corrected chi connectivity index (χ3v) is 7.76. The van der Waals surface area contributed by atoms with Crippen molar-refractivity contribution < 1.29 is 19.5 Å². The molecule has 2 aromatic heterocycles. The Morgan fingerprint density at radius 2 is 1.98 bits per heavy atom. The van der Waals surface area contributed by atoms with Crippen molar-refractivity contribution in [1.82, 2.24) is 20.2 Å². The molecule has 1 aromatic carbocycles. The molecule has 208 valence electrons. The molecule has 9 heteroatoms. The van der Waals surface area contributed by atoms with Crippen LogP contribution in [0.5, 0.6) is 0 Å². The topological polar surface area (TPSA) is 125 Å². The summed E-state index contributed by atoms with van der Waals surface area (Å²) in [5.41, 5.74) is 3.91. The molecule has 0 saturated carbocycles. The first-order valence-electron chi connectivity index (χ1n) is 13.9. The largest absolute Gasteiger partial charge is 0.481 e. The summed E-state index contributed by atoms with van der Waals surface area (Å²) in [6, 6.07) is 16.7. The van der Waals surface area contributed by atoms with Crippen LogP contribution in [-0.4, -0.2) is 56.9 Å². The number of carbonyl (C=O) groups excluding carboxylic acids is 2. The van der Waals surface area contributed by atoms with Crippen molar-refractivity contribution in [1.29, 1.82) is 0 Å². The lowest BCUT2D eigenvalue weighted by molar-refractivity contribution is -0.139. The maximum Gasteiger partial charge on any atom is 0.305 e. The molecule has 9 nitrogen and oxygen atoms in total. The molecule has 1 fully saturated rings. The van der Waals surface area contributed by atoms with E-state index in [1.807, 2.05) is 30.3 Å². The Morgan fingerprint density at radius 3 is 2.75 bits per heavy atom. The first-order valence-corrected chi connectivity index (χ1v) is 13.9. The summed E-state index contributed by atoms with van der Waals surface area (Å²) in [7, 11) is 0. The number of carboxylic acid groups (broad SMARTS) is 1. The molecule has 0 radical (unpaired) electrons. The van der Waals surface area contributed by atoms with Gasteiger partial charge in [-0.05, 0) is 67.3 Å². The van der Waals surface area contributed by atoms with Gasteiger partial charge in [-0.1, -0.05) is 42.5 Å². The highest BCUT2D eigenvalue weighted by Gasteiger charge is 2.40. The molecular formula is C31H35N5O4. The number of nitrogens with one attached hydrogen (secondary N) is 2. The van der Waals surface area contributed by atoms with Crippen LogP contribution in [0, 0.1) is 5.92 Å². The molecule has 0 spiro atoms. The molecule has 4 heterocycles. The number of hydrogen-bond acceptors (Lipinski definition) is 6. The van der Waals surface area contributed by atoms with Gasteiger partial charge in [-0.2, -0.15) is 0 Å². The lowest BCUT2D eigenvalue weighted by Crippen LogP contribution is -2.44. The number of aromatic nitrogens is 2. The van der Waals surface area contributed by atoms with E-state index in [-0.39, 0.29) is 36.7 Å². The summed E-state index contributed by atoms with van der Waals surface area (Å²) >= 11 is 0. The molecular weight excluding hydrogens is 506 g/mol. The summed E-state index contributed by atoms with van der Waals surface area (Å²) in [6.45, 7) is 0.807. The molecule has 2 amide bonds. The van der Waals surface area contributed by atoms with Crippen LogP contribution in [-0.2, 0) is 33.6 Å². The van der Waals surface area contributed by atoms with E-state index in [2.05, 4.69) is 27.8 Å². The third kappa shape index (κ3) is 6.83. The van der Waals surface area contributed by atoms with Crippen LogP contribution in [0.1, 0.15) is 54.1 Å². The van der Waals surface area contributed by atoms with E-state index in [9.17, 15) is 19.5 Å². The van der Waals surface area contributed by atoms with Crippen molar-refractivity contribution in [2.24, 2.45) is 5.92 Å². The van der Waals surface area contributed by atoms with E-state index in [4.69, 9.17) is 4.98 Å². The van der Waals surface area contributed by atoms with Crippen LogP contribution in [0.15, 0.2) is 67.0 Å². The molecule has 1 saturated heterocycles. The molecule has 3 atom stereocenters. The fraction of sp³-hybridized carbons (Fsp3) is 0.387. The van der Waals surface area contributed by atoms with Crippen molar-refractivity contribution in [2.75, 3.05) is 18.4 Å². The van der Waals surface area contributed by atoms with Gasteiger partial charge < -0.3 is 20.6 Å². The Bertz CT molecular complexity index is 1330. The SMILES string of the molecule is O=C(O)C[C@H](NC(=O)CN1C(=O)[C@@H](CCc2ccc3c(n2)NCCC3)C[C@H]1Cc1ccccc1)c1cccnc1. The normalized spacial score (nSPS) is 19.0. The van der Waals surface area contributed by atoms with Crippen molar-refractivity contribution in [3.05, 3.63) is 89.4 Å². The fourth-order valence-electron chi connectivity index (χ4n) is 5.73. The number of anilines is 1. The second-order valence-electron chi connectivity index (χ2n) is 10.6. The molecule has 3 aromatic rings. The maximum atomic E-state index is 13.6. The molecule has 5 rings (SSSR count). The Balaban J connectivity index is 1.28. The van der Waals surface area contributed by atoms with Crippen molar-refractivity contribution >= 4 is 23.6 Å². The number of carboxylic acids is 1. The lowest BCUT2D eigenvalue weighted by Gasteiger charge is -2.26. The summed E-state index contributed by atoms with van der Waals surface area (Å²) in [5, 5.41) is 15.6. The first-order chi connectivity index (χ1) is 19.5. The minimum Gasteiger partial charge on any atom is -0.481 e. The Kier molecular flexibility index (Phi) is 8.68. The second kappa shape index (κ2) is 12.7. The van der Waals surface area contributed by atoms with Gasteiger partial charge >= 0.3 is 5.97 Å². The van der Waals surface area contributed by atoms with Gasteiger partial charge in [-0.3, -0.25) is 19.4 Å². The number of aryl methyl sites for hydroxylation is 2. The van der Waals surface area contributed by atoms with Gasteiger partial charge in [-0.25, -0.2) is 4.98 Å². The number of hydrogen-bond donors (Lipinski definition) is 3. The van der Waals surface area contributed by atoms with Gasteiger partial charge in [-0.15, -0.1) is 0 Å². The van der Waals surface area contributed by atoms with E-state index in [0.717, 1.165) is 36.5 Å². The molecule has 0 aliphatic carbocycles. The zero-order chi connectivity index (χ0) is 27.9. The Hall–Kier alpha value is -4.27. The average molecular weight is 542 g/mol. The highest BCUT2D eigenvalue weighted by Crippen LogP contribution is 2.31. The van der Waals surface area contributed by atoms with Crippen molar-refractivity contribution in [3.63, 3.8) is 0 Å². The number of fused-ring (bicyclic) bond motifs is 1. The second-order valence-corrected chi connectivity index (χ2v) is 10.6. The van der Waals surface area contributed by atoms with Gasteiger partial charge in [0.1, 0.15) is 5.82 Å². The molecule has 0 bridgehead atoms. The highest BCUT2D eigenvalue weighted by atomic mass is 16.4. The third-order valence-electron chi connectivity index (χ3n) is 7.76. The summed E-state index contributed by atoms with van der Waals surface area (Å²) in [5.74, 6) is -0.709. The minimum absolute atomic E-state index is 0.0386. The predicted octanol–water partition coefficient (Wildman–Crippen LogP) is 3.56. The van der Waals surface area contributed by atoms with Crippen molar-refractivity contribution in [2.45, 2.75) is 57.0 Å². The van der Waals surface area contributed by atoms with E-state index in [0.29, 0.717) is 31.2 Å². The number of pyridine rings is 2. The van der Waals surface area contributed by atoms with Gasteiger partial charge in [0, 0.05) is 36.6 Å². The quantitative estimate of drug-likeness (QED) is 0.339. The van der Waals surface area contributed by atoms with Crippen LogP contribution in [0.3, 0.4) is 0 Å². The number of rotatable bonds is 11. The number of benzene rings is 1. The first kappa shape index (κ1) is 27.3. The molecule has 2 aliphatic heterocycles. The average Bonchev–Trinajstić information content (AvgIpc) is 3.25. The monoisotopic (exact) mass is 541 g/mol. The van der Waals surface area contributed by atoms with Gasteiger partial charge in [0.05, 0.1) is 19.0 Å². The number of nitrogens with zero attached hydrogens (tertiary/aromatic N) is 3. The smallest absolute Gasteiger partial charge is 0.305 e. The van der Waals surface area contributed by atoms with Crippen LogP contribution in [0.4, 0.5) is 5.82 Å². The van der Waals surface area contributed by atoms with Crippen LogP contribution in [0.25, 0.3) is 0 Å². The minimum atomic E-state index is -1.03. The zero-order valence-electron chi connectivity index (χ0n) is 22.5. The van der Waals surface area contributed by atoms with Crippen LogP contribution >= 0.6 is 0 Å². The Labute approximate surface area is 234 Å².